The van der Waals surface area contributed by atoms with Crippen molar-refractivity contribution in [2.75, 3.05) is 0 Å². The molecule has 0 unspecified atom stereocenters. The van der Waals surface area contributed by atoms with Gasteiger partial charge in [-0.25, -0.2) is 0 Å². The Morgan fingerprint density at radius 3 is 2.00 bits per heavy atom. The lowest BCUT2D eigenvalue weighted by Gasteiger charge is -1.93. The lowest BCUT2D eigenvalue weighted by Crippen LogP contribution is -2.17. The van der Waals surface area contributed by atoms with Crippen LogP contribution in [0.15, 0.2) is 11.8 Å². The van der Waals surface area contributed by atoms with Gasteiger partial charge in [-0.1, -0.05) is 0 Å². The molecule has 0 saturated carbocycles. The molecule has 5 nitrogen and oxygen atoms in total. The van der Waals surface area contributed by atoms with E-state index in [9.17, 15) is 9.59 Å². The van der Waals surface area contributed by atoms with Crippen LogP contribution in [-0.2, 0) is 9.59 Å². The number of hydrogen-bond donors (Lipinski definition) is 3. The predicted octanol–water partition coefficient (Wildman–Crippen LogP) is -1.81. The summed E-state index contributed by atoms with van der Waals surface area (Å²) in [6.07, 6.45) is 0.827. The number of carbonyl (C=O) groups excluding carboxylic acids is 2. The molecule has 0 bridgehead atoms. The van der Waals surface area contributed by atoms with E-state index in [4.69, 9.17) is 17.2 Å². The molecule has 6 N–H and O–H groups in total. The number of primary amides is 2. The lowest BCUT2D eigenvalue weighted by molar-refractivity contribution is -0.117. The van der Waals surface area contributed by atoms with Crippen molar-refractivity contribution in [3.8, 4) is 0 Å². The van der Waals surface area contributed by atoms with Crippen molar-refractivity contribution in [1.29, 1.82) is 0 Å². The van der Waals surface area contributed by atoms with Gasteiger partial charge in [0.1, 0.15) is 0 Å². The molecule has 0 fully saturated rings. The normalized spacial score (nSPS) is 11.0. The molecule has 0 radical (unpaired) electrons. The highest BCUT2D eigenvalue weighted by atomic mass is 16.1. The SMILES string of the molecule is NC(=O)C=C(N)CC(N)=O. The number of hydrogen-bond acceptors (Lipinski definition) is 3. The Morgan fingerprint density at radius 2 is 1.70 bits per heavy atom. The zero-order valence-electron chi connectivity index (χ0n) is 5.33. The van der Waals surface area contributed by atoms with Gasteiger partial charge in [-0.15, -0.1) is 0 Å². The molecule has 0 aromatic heterocycles. The van der Waals surface area contributed by atoms with Crippen molar-refractivity contribution in [3.63, 3.8) is 0 Å². The van der Waals surface area contributed by atoms with Crippen molar-refractivity contribution in [3.05, 3.63) is 11.8 Å². The molecule has 0 aliphatic heterocycles. The summed E-state index contributed by atoms with van der Waals surface area (Å²) in [6.45, 7) is 0. The van der Waals surface area contributed by atoms with E-state index in [1.54, 1.807) is 0 Å². The molecule has 0 atom stereocenters. The second kappa shape index (κ2) is 3.49. The first-order valence-corrected chi connectivity index (χ1v) is 2.56. The molecular weight excluding hydrogens is 134 g/mol. The first-order valence-electron chi connectivity index (χ1n) is 2.56. The fraction of sp³-hybridized carbons (Fsp3) is 0.200. The van der Waals surface area contributed by atoms with Crippen LogP contribution in [0.1, 0.15) is 6.42 Å². The van der Waals surface area contributed by atoms with Crippen LogP contribution in [-0.4, -0.2) is 11.8 Å². The third-order valence-electron chi connectivity index (χ3n) is 0.706. The molecule has 0 aliphatic carbocycles. The first kappa shape index (κ1) is 8.48. The molecule has 0 aromatic rings. The largest absolute Gasteiger partial charge is 0.401 e. The van der Waals surface area contributed by atoms with Crippen molar-refractivity contribution >= 4 is 11.8 Å². The van der Waals surface area contributed by atoms with E-state index in [0.29, 0.717) is 0 Å². The first-order chi connectivity index (χ1) is 4.52. The van der Waals surface area contributed by atoms with Crippen LogP contribution >= 0.6 is 0 Å². The van der Waals surface area contributed by atoms with Gasteiger partial charge in [-0.2, -0.15) is 0 Å². The van der Waals surface area contributed by atoms with E-state index >= 15 is 0 Å². The fourth-order valence-corrected chi connectivity index (χ4v) is 0.435. The Hall–Kier alpha value is -1.52. The van der Waals surface area contributed by atoms with E-state index in [2.05, 4.69) is 0 Å². The third kappa shape index (κ3) is 4.63. The van der Waals surface area contributed by atoms with Crippen molar-refractivity contribution in [1.82, 2.24) is 0 Å². The second-order valence-electron chi connectivity index (χ2n) is 1.76. The highest BCUT2D eigenvalue weighted by Crippen LogP contribution is 1.88. The Bertz CT molecular complexity index is 185. The number of nitrogens with two attached hydrogens (primary N) is 3. The van der Waals surface area contributed by atoms with E-state index in [0.717, 1.165) is 6.08 Å². The van der Waals surface area contributed by atoms with Crippen LogP contribution in [0, 0.1) is 0 Å². The smallest absolute Gasteiger partial charge is 0.243 e. The van der Waals surface area contributed by atoms with Gasteiger partial charge in [0, 0.05) is 11.8 Å². The van der Waals surface area contributed by atoms with Crippen LogP contribution < -0.4 is 17.2 Å². The molecule has 0 aliphatic rings. The van der Waals surface area contributed by atoms with Crippen molar-refractivity contribution in [2.24, 2.45) is 17.2 Å². The molecular formula is C5H9N3O2. The van der Waals surface area contributed by atoms with Gasteiger partial charge >= 0.3 is 0 Å². The standard InChI is InChI=1S/C5H9N3O2/c6-3(1-4(7)9)2-5(8)10/h1H,2,6H2,(H2,7,9)(H2,8,10). The number of carbonyl (C=O) groups is 2. The molecule has 0 spiro atoms. The average molecular weight is 143 g/mol. The maximum Gasteiger partial charge on any atom is 0.243 e. The summed E-state index contributed by atoms with van der Waals surface area (Å²) in [6, 6.07) is 0. The predicted molar refractivity (Wildman–Crippen MR) is 35.3 cm³/mol. The summed E-state index contributed by atoms with van der Waals surface area (Å²) in [7, 11) is 0. The third-order valence-corrected chi connectivity index (χ3v) is 0.706. The van der Waals surface area contributed by atoms with Gasteiger partial charge in [0.05, 0.1) is 6.42 Å². The highest BCUT2D eigenvalue weighted by Gasteiger charge is 1.97. The second-order valence-corrected chi connectivity index (χ2v) is 1.76. The van der Waals surface area contributed by atoms with E-state index in [1.807, 2.05) is 0 Å². The Kier molecular flexibility index (Phi) is 2.96. The van der Waals surface area contributed by atoms with Crippen molar-refractivity contribution in [2.45, 2.75) is 6.42 Å². The highest BCUT2D eigenvalue weighted by molar-refractivity contribution is 5.87. The summed E-state index contributed by atoms with van der Waals surface area (Å²) < 4.78 is 0. The van der Waals surface area contributed by atoms with E-state index < -0.39 is 11.8 Å². The summed E-state index contributed by atoms with van der Waals surface area (Å²) in [5, 5.41) is 0. The summed E-state index contributed by atoms with van der Waals surface area (Å²) >= 11 is 0. The van der Waals surface area contributed by atoms with Crippen molar-refractivity contribution < 1.29 is 9.59 Å². The maximum absolute atomic E-state index is 10.1. The molecule has 0 rings (SSSR count). The lowest BCUT2D eigenvalue weighted by atomic mass is 10.3. The zero-order chi connectivity index (χ0) is 8.15. The summed E-state index contributed by atoms with van der Waals surface area (Å²) in [5.74, 6) is -1.27. The zero-order valence-corrected chi connectivity index (χ0v) is 5.33. The van der Waals surface area contributed by atoms with Crippen LogP contribution in [0.5, 0.6) is 0 Å². The van der Waals surface area contributed by atoms with E-state index in [1.165, 1.54) is 0 Å². The summed E-state index contributed by atoms with van der Waals surface area (Å²) in [4.78, 5) is 20.2. The molecule has 0 heterocycles. The van der Waals surface area contributed by atoms with Crippen LogP contribution in [0.4, 0.5) is 0 Å². The molecule has 5 heteroatoms. The van der Waals surface area contributed by atoms with Gasteiger partial charge in [0.25, 0.3) is 0 Å². The fourth-order valence-electron chi connectivity index (χ4n) is 0.435. The average Bonchev–Trinajstić information content (AvgIpc) is 1.58. The molecule has 0 saturated heterocycles. The summed E-state index contributed by atoms with van der Waals surface area (Å²) in [5.41, 5.74) is 14.7. The Balaban J connectivity index is 3.95. The number of rotatable bonds is 3. The van der Waals surface area contributed by atoms with Crippen LogP contribution in [0.2, 0.25) is 0 Å². The van der Waals surface area contributed by atoms with Crippen LogP contribution in [0.3, 0.4) is 0 Å². The van der Waals surface area contributed by atoms with Crippen LogP contribution in [0.25, 0.3) is 0 Å². The number of amides is 2. The molecule has 2 amide bonds. The van der Waals surface area contributed by atoms with Gasteiger partial charge in [-0.3, -0.25) is 9.59 Å². The maximum atomic E-state index is 10.1. The van der Waals surface area contributed by atoms with Gasteiger partial charge < -0.3 is 17.2 Å². The quantitative estimate of drug-likeness (QED) is 0.404. The van der Waals surface area contributed by atoms with Gasteiger partial charge in [0.15, 0.2) is 0 Å². The topological polar surface area (TPSA) is 112 Å². The minimum atomic E-state index is -0.682. The Morgan fingerprint density at radius 1 is 1.20 bits per heavy atom. The Labute approximate surface area is 57.9 Å². The van der Waals surface area contributed by atoms with Gasteiger partial charge in [0.2, 0.25) is 11.8 Å². The molecule has 10 heavy (non-hydrogen) atoms. The monoisotopic (exact) mass is 143 g/mol. The van der Waals surface area contributed by atoms with Gasteiger partial charge in [-0.05, 0) is 0 Å². The molecule has 56 valence electrons. The van der Waals surface area contributed by atoms with E-state index in [-0.39, 0.29) is 12.1 Å². The minimum Gasteiger partial charge on any atom is -0.401 e. The molecule has 0 aromatic carbocycles. The minimum absolute atomic E-state index is 0.0833.